The van der Waals surface area contributed by atoms with Crippen LogP contribution in [0.3, 0.4) is 0 Å². The number of rotatable bonds is 4. The number of carbonyl (C=O) groups excluding carboxylic acids is 1. The second-order valence-electron chi connectivity index (χ2n) is 5.84. The average molecular weight is 309 g/mol. The Morgan fingerprint density at radius 3 is 2.57 bits per heavy atom. The van der Waals surface area contributed by atoms with Crippen molar-refractivity contribution in [2.24, 2.45) is 5.92 Å². The Labute approximate surface area is 130 Å². The fraction of sp³-hybridized carbons (Fsp3) is 0.562. The van der Waals surface area contributed by atoms with E-state index in [4.69, 9.17) is 16.3 Å². The molecule has 1 amide bonds. The molecule has 2 aliphatic rings. The Morgan fingerprint density at radius 1 is 1.29 bits per heavy atom. The number of methoxy groups -OCH3 is 1. The van der Waals surface area contributed by atoms with Crippen molar-refractivity contribution in [1.29, 1.82) is 0 Å². The molecule has 0 spiro atoms. The Hall–Kier alpha value is -1.26. The minimum Gasteiger partial charge on any atom is -0.495 e. The van der Waals surface area contributed by atoms with E-state index < -0.39 is 0 Å². The molecule has 0 N–H and O–H groups in total. The molecule has 1 saturated heterocycles. The second kappa shape index (κ2) is 6.24. The molecule has 0 aromatic heterocycles. The van der Waals surface area contributed by atoms with E-state index in [1.807, 2.05) is 23.1 Å². The molecule has 1 heterocycles. The molecule has 1 saturated carbocycles. The van der Waals surface area contributed by atoms with Crippen LogP contribution in [0.4, 0.5) is 0 Å². The summed E-state index contributed by atoms with van der Waals surface area (Å²) in [5.41, 5.74) is 1.18. The Morgan fingerprint density at radius 2 is 2.00 bits per heavy atom. The summed E-state index contributed by atoms with van der Waals surface area (Å²) in [5, 5.41) is 0.651. The molecule has 114 valence electrons. The number of halogens is 1. The van der Waals surface area contributed by atoms with Crippen LogP contribution in [0.5, 0.6) is 5.75 Å². The van der Waals surface area contributed by atoms with Crippen molar-refractivity contribution in [3.8, 4) is 5.75 Å². The van der Waals surface area contributed by atoms with E-state index in [9.17, 15) is 4.79 Å². The van der Waals surface area contributed by atoms with E-state index in [-0.39, 0.29) is 0 Å². The molecule has 1 aliphatic heterocycles. The first-order valence-electron chi connectivity index (χ1n) is 7.51. The molecule has 0 radical (unpaired) electrons. The minimum absolute atomic E-state index is 0.331. The lowest BCUT2D eigenvalue weighted by molar-refractivity contribution is -0.134. The highest BCUT2D eigenvalue weighted by Crippen LogP contribution is 2.31. The predicted octanol–water partition coefficient (Wildman–Crippen LogP) is 2.40. The van der Waals surface area contributed by atoms with Gasteiger partial charge in [-0.2, -0.15) is 0 Å². The maximum absolute atomic E-state index is 12.0. The first-order valence-corrected chi connectivity index (χ1v) is 7.88. The largest absolute Gasteiger partial charge is 0.495 e. The minimum atomic E-state index is 0.331. The number of piperazine rings is 1. The van der Waals surface area contributed by atoms with Gasteiger partial charge in [0.1, 0.15) is 5.75 Å². The smallest absolute Gasteiger partial charge is 0.225 e. The number of carbonyl (C=O) groups is 1. The lowest BCUT2D eigenvalue weighted by atomic mass is 10.2. The monoisotopic (exact) mass is 308 g/mol. The van der Waals surface area contributed by atoms with Crippen LogP contribution in [0.15, 0.2) is 18.2 Å². The summed E-state index contributed by atoms with van der Waals surface area (Å²) >= 11 is 6.16. The van der Waals surface area contributed by atoms with Crippen LogP contribution in [0, 0.1) is 5.92 Å². The second-order valence-corrected chi connectivity index (χ2v) is 6.25. The normalized spacial score (nSPS) is 19.6. The Balaban J connectivity index is 1.53. The van der Waals surface area contributed by atoms with Crippen molar-refractivity contribution in [2.45, 2.75) is 19.4 Å². The zero-order valence-electron chi connectivity index (χ0n) is 12.3. The van der Waals surface area contributed by atoms with E-state index in [0.717, 1.165) is 45.6 Å². The molecular weight excluding hydrogens is 288 g/mol. The van der Waals surface area contributed by atoms with Crippen molar-refractivity contribution in [3.05, 3.63) is 28.8 Å². The molecule has 21 heavy (non-hydrogen) atoms. The quantitative estimate of drug-likeness (QED) is 0.856. The van der Waals surface area contributed by atoms with Gasteiger partial charge in [0.05, 0.1) is 12.1 Å². The van der Waals surface area contributed by atoms with Gasteiger partial charge < -0.3 is 9.64 Å². The summed E-state index contributed by atoms with van der Waals surface area (Å²) < 4.78 is 5.17. The molecular formula is C16H21ClN2O2. The number of ether oxygens (including phenoxy) is 1. The van der Waals surface area contributed by atoms with Crippen molar-refractivity contribution >= 4 is 17.5 Å². The lowest BCUT2D eigenvalue weighted by Gasteiger charge is -2.35. The van der Waals surface area contributed by atoms with Gasteiger partial charge in [0.2, 0.25) is 5.91 Å². The Bertz CT molecular complexity index is 523. The standard InChI is InChI=1S/C16H21ClN2O2/c1-21-15-5-2-12(10-14(15)17)11-18-6-8-19(9-7-18)16(20)13-3-4-13/h2,5,10,13H,3-4,6-9,11H2,1H3. The van der Waals surface area contributed by atoms with Crippen LogP contribution in [0.1, 0.15) is 18.4 Å². The van der Waals surface area contributed by atoms with Crippen molar-refractivity contribution in [2.75, 3.05) is 33.3 Å². The van der Waals surface area contributed by atoms with Gasteiger partial charge in [0.15, 0.2) is 0 Å². The van der Waals surface area contributed by atoms with Crippen LogP contribution in [-0.4, -0.2) is 49.0 Å². The predicted molar refractivity (Wildman–Crippen MR) is 82.6 cm³/mol. The van der Waals surface area contributed by atoms with Gasteiger partial charge in [-0.05, 0) is 30.5 Å². The van der Waals surface area contributed by atoms with Gasteiger partial charge >= 0.3 is 0 Å². The summed E-state index contributed by atoms with van der Waals surface area (Å²) in [5.74, 6) is 1.40. The molecule has 1 aliphatic carbocycles. The van der Waals surface area contributed by atoms with Crippen molar-refractivity contribution in [1.82, 2.24) is 9.80 Å². The zero-order valence-corrected chi connectivity index (χ0v) is 13.1. The van der Waals surface area contributed by atoms with Crippen LogP contribution in [-0.2, 0) is 11.3 Å². The average Bonchev–Trinajstić information content (AvgIpc) is 3.32. The molecule has 4 nitrogen and oxygen atoms in total. The molecule has 0 atom stereocenters. The summed E-state index contributed by atoms with van der Waals surface area (Å²) in [4.78, 5) is 16.4. The van der Waals surface area contributed by atoms with Gasteiger partial charge in [-0.1, -0.05) is 17.7 Å². The van der Waals surface area contributed by atoms with Crippen LogP contribution >= 0.6 is 11.6 Å². The van der Waals surface area contributed by atoms with E-state index in [2.05, 4.69) is 4.90 Å². The highest BCUT2D eigenvalue weighted by atomic mass is 35.5. The van der Waals surface area contributed by atoms with Gasteiger partial charge in [-0.25, -0.2) is 0 Å². The van der Waals surface area contributed by atoms with Crippen LogP contribution in [0.25, 0.3) is 0 Å². The van der Waals surface area contributed by atoms with Crippen molar-refractivity contribution in [3.63, 3.8) is 0 Å². The number of hydrogen-bond donors (Lipinski definition) is 0. The van der Waals surface area contributed by atoms with E-state index in [0.29, 0.717) is 22.6 Å². The third kappa shape index (κ3) is 3.50. The van der Waals surface area contributed by atoms with Crippen LogP contribution < -0.4 is 4.74 Å². The van der Waals surface area contributed by atoms with E-state index in [1.54, 1.807) is 7.11 Å². The van der Waals surface area contributed by atoms with E-state index >= 15 is 0 Å². The van der Waals surface area contributed by atoms with Gasteiger partial charge in [-0.15, -0.1) is 0 Å². The first-order chi connectivity index (χ1) is 10.2. The summed E-state index contributed by atoms with van der Waals surface area (Å²) in [6.07, 6.45) is 2.17. The number of amides is 1. The molecule has 0 bridgehead atoms. The maximum atomic E-state index is 12.0. The number of nitrogens with zero attached hydrogens (tertiary/aromatic N) is 2. The molecule has 1 aromatic rings. The third-order valence-corrected chi connectivity index (χ3v) is 4.53. The van der Waals surface area contributed by atoms with Crippen molar-refractivity contribution < 1.29 is 9.53 Å². The molecule has 5 heteroatoms. The number of hydrogen-bond acceptors (Lipinski definition) is 3. The van der Waals surface area contributed by atoms with E-state index in [1.165, 1.54) is 5.56 Å². The molecule has 1 aromatic carbocycles. The third-order valence-electron chi connectivity index (χ3n) is 4.23. The maximum Gasteiger partial charge on any atom is 0.225 e. The lowest BCUT2D eigenvalue weighted by Crippen LogP contribution is -2.48. The molecule has 2 fully saturated rings. The zero-order chi connectivity index (χ0) is 14.8. The summed E-state index contributed by atoms with van der Waals surface area (Å²) in [7, 11) is 1.62. The molecule has 0 unspecified atom stereocenters. The number of benzene rings is 1. The molecule has 3 rings (SSSR count). The SMILES string of the molecule is COc1ccc(CN2CCN(C(=O)C3CC3)CC2)cc1Cl. The summed E-state index contributed by atoms with van der Waals surface area (Å²) in [6, 6.07) is 5.92. The summed E-state index contributed by atoms with van der Waals surface area (Å²) in [6.45, 7) is 4.43. The fourth-order valence-electron chi connectivity index (χ4n) is 2.78. The topological polar surface area (TPSA) is 32.8 Å². The van der Waals surface area contributed by atoms with Gasteiger partial charge in [0.25, 0.3) is 0 Å². The van der Waals surface area contributed by atoms with Gasteiger partial charge in [0, 0.05) is 38.6 Å². The first kappa shape index (κ1) is 14.7. The fourth-order valence-corrected chi connectivity index (χ4v) is 3.06. The Kier molecular flexibility index (Phi) is 4.36. The highest BCUT2D eigenvalue weighted by molar-refractivity contribution is 6.32. The highest BCUT2D eigenvalue weighted by Gasteiger charge is 2.34. The van der Waals surface area contributed by atoms with Gasteiger partial charge in [-0.3, -0.25) is 9.69 Å². The van der Waals surface area contributed by atoms with Crippen LogP contribution in [0.2, 0.25) is 5.02 Å².